The summed E-state index contributed by atoms with van der Waals surface area (Å²) in [5.74, 6) is 0.481. The minimum absolute atomic E-state index is 0.104. The number of benzene rings is 1. The van der Waals surface area contributed by atoms with Crippen LogP contribution in [-0.2, 0) is 14.3 Å². The Morgan fingerprint density at radius 1 is 1.00 bits per heavy atom. The Balaban J connectivity index is 0.00000326. The van der Waals surface area contributed by atoms with E-state index in [1.54, 1.807) is 45.0 Å². The van der Waals surface area contributed by atoms with Gasteiger partial charge in [-0.3, -0.25) is 4.79 Å². The highest BCUT2D eigenvalue weighted by Gasteiger charge is 2.23. The zero-order valence-electron chi connectivity index (χ0n) is 18.1. The molecule has 0 aromatic heterocycles. The molecule has 0 saturated carbocycles. The van der Waals surface area contributed by atoms with E-state index >= 15 is 0 Å². The molecule has 0 N–H and O–H groups in total. The highest BCUT2D eigenvalue weighted by atomic mass is 16.6. The van der Waals surface area contributed by atoms with Crippen molar-refractivity contribution in [3.05, 3.63) is 24.3 Å². The van der Waals surface area contributed by atoms with E-state index in [-0.39, 0.29) is 24.4 Å². The first-order chi connectivity index (χ1) is 12.6. The molecule has 1 unspecified atom stereocenters. The van der Waals surface area contributed by atoms with Crippen molar-refractivity contribution in [2.24, 2.45) is 11.8 Å². The topological polar surface area (TPSA) is 61.8 Å². The lowest BCUT2D eigenvalue weighted by atomic mass is 9.91. The molecule has 1 atom stereocenters. The number of hydrogen-bond acceptors (Lipinski definition) is 5. The summed E-state index contributed by atoms with van der Waals surface area (Å²) in [7, 11) is 0. The van der Waals surface area contributed by atoms with Crippen LogP contribution in [0.4, 0.5) is 0 Å². The summed E-state index contributed by atoms with van der Waals surface area (Å²) in [5.41, 5.74) is -0.538. The van der Waals surface area contributed by atoms with Gasteiger partial charge in [0.2, 0.25) is 0 Å². The van der Waals surface area contributed by atoms with Crippen LogP contribution in [0.2, 0.25) is 0 Å². The Labute approximate surface area is 164 Å². The average molecular weight is 381 g/mol. The molecule has 0 spiro atoms. The van der Waals surface area contributed by atoms with Crippen molar-refractivity contribution in [2.45, 2.75) is 73.8 Å². The van der Waals surface area contributed by atoms with Crippen molar-refractivity contribution in [3.8, 4) is 11.5 Å². The minimum Gasteiger partial charge on any atom is -0.482 e. The van der Waals surface area contributed by atoms with Crippen molar-refractivity contribution in [2.75, 3.05) is 6.61 Å². The van der Waals surface area contributed by atoms with Gasteiger partial charge in [-0.25, -0.2) is 4.79 Å². The molecule has 1 aromatic carbocycles. The molecule has 0 aliphatic carbocycles. The smallest absolute Gasteiger partial charge is 0.344 e. The lowest BCUT2D eigenvalue weighted by Gasteiger charge is -2.19. The van der Waals surface area contributed by atoms with Crippen LogP contribution in [-0.4, -0.2) is 24.1 Å². The Morgan fingerprint density at radius 3 is 1.96 bits per heavy atom. The average Bonchev–Trinajstić information content (AvgIpc) is 2.59. The van der Waals surface area contributed by atoms with E-state index in [4.69, 9.17) is 14.2 Å². The van der Waals surface area contributed by atoms with Crippen LogP contribution in [0.25, 0.3) is 0 Å². The first kappa shape index (κ1) is 25.0. The van der Waals surface area contributed by atoms with Crippen molar-refractivity contribution in [3.63, 3.8) is 0 Å². The number of rotatable bonds is 8. The molecule has 5 nitrogen and oxygen atoms in total. The molecule has 5 heteroatoms. The maximum atomic E-state index is 12.3. The van der Waals surface area contributed by atoms with Gasteiger partial charge in [-0.15, -0.1) is 0 Å². The first-order valence-corrected chi connectivity index (χ1v) is 9.78. The molecule has 0 heterocycles. The molecule has 0 aliphatic heterocycles. The van der Waals surface area contributed by atoms with Crippen LogP contribution >= 0.6 is 0 Å². The second-order valence-corrected chi connectivity index (χ2v) is 7.41. The van der Waals surface area contributed by atoms with Gasteiger partial charge in [-0.2, -0.15) is 0 Å². The van der Waals surface area contributed by atoms with E-state index in [9.17, 15) is 9.59 Å². The van der Waals surface area contributed by atoms with Crippen LogP contribution in [0.5, 0.6) is 11.5 Å². The number of ether oxygens (including phenoxy) is 3. The normalized spacial score (nSPS) is 11.9. The van der Waals surface area contributed by atoms with E-state index < -0.39 is 11.6 Å². The third-order valence-electron chi connectivity index (χ3n) is 3.53. The predicted octanol–water partition coefficient (Wildman–Crippen LogP) is 5.41. The van der Waals surface area contributed by atoms with E-state index in [0.717, 1.165) is 12.8 Å². The number of carbonyl (C=O) groups excluding carboxylic acids is 2. The van der Waals surface area contributed by atoms with Crippen molar-refractivity contribution < 1.29 is 23.8 Å². The Morgan fingerprint density at radius 2 is 1.52 bits per heavy atom. The predicted molar refractivity (Wildman–Crippen MR) is 108 cm³/mol. The fourth-order valence-corrected chi connectivity index (χ4v) is 2.34. The van der Waals surface area contributed by atoms with E-state index in [2.05, 4.69) is 6.92 Å². The Bertz CT molecular complexity index is 555. The van der Waals surface area contributed by atoms with Crippen LogP contribution < -0.4 is 9.47 Å². The van der Waals surface area contributed by atoms with Gasteiger partial charge < -0.3 is 14.2 Å². The summed E-state index contributed by atoms with van der Waals surface area (Å²) in [6.07, 6.45) is 1.75. The summed E-state index contributed by atoms with van der Waals surface area (Å²) in [5, 5.41) is 0. The number of carbonyl (C=O) groups is 2. The largest absolute Gasteiger partial charge is 0.482 e. The highest BCUT2D eigenvalue weighted by molar-refractivity contribution is 5.75. The third kappa shape index (κ3) is 10.6. The standard InChI is InChI=1S/C20H30O5.C2H6/c1-7-8-17(14(2)3)19(22)24-16-11-9-15(10-12-16)23-13-18(21)25-20(4,5)6;1-2/h9-12,14,17H,7-8,13H2,1-6H3;1-2H3. The lowest BCUT2D eigenvalue weighted by Crippen LogP contribution is -2.27. The van der Waals surface area contributed by atoms with Crippen LogP contribution in [0.1, 0.15) is 68.2 Å². The van der Waals surface area contributed by atoms with Gasteiger partial charge in [0.1, 0.15) is 17.1 Å². The maximum Gasteiger partial charge on any atom is 0.344 e. The molecule has 0 fully saturated rings. The summed E-state index contributed by atoms with van der Waals surface area (Å²) in [6.45, 7) is 15.3. The molecule has 1 aromatic rings. The zero-order chi connectivity index (χ0) is 21.0. The van der Waals surface area contributed by atoms with Crippen molar-refractivity contribution in [1.82, 2.24) is 0 Å². The molecule has 154 valence electrons. The van der Waals surface area contributed by atoms with Gasteiger partial charge >= 0.3 is 11.9 Å². The van der Waals surface area contributed by atoms with Crippen molar-refractivity contribution in [1.29, 1.82) is 0 Å². The van der Waals surface area contributed by atoms with Gasteiger partial charge in [0, 0.05) is 0 Å². The Kier molecular flexibility index (Phi) is 11.4. The van der Waals surface area contributed by atoms with Gasteiger partial charge in [0.15, 0.2) is 6.61 Å². The van der Waals surface area contributed by atoms with Crippen molar-refractivity contribution >= 4 is 11.9 Å². The van der Waals surface area contributed by atoms with E-state index in [1.807, 2.05) is 27.7 Å². The molecule has 0 radical (unpaired) electrons. The molecule has 27 heavy (non-hydrogen) atoms. The second-order valence-electron chi connectivity index (χ2n) is 7.41. The second kappa shape index (κ2) is 12.4. The number of esters is 2. The lowest BCUT2D eigenvalue weighted by molar-refractivity contribution is -0.157. The molecular formula is C22H36O5. The SMILES string of the molecule is CC.CCCC(C(=O)Oc1ccc(OCC(=O)OC(C)(C)C)cc1)C(C)C. The monoisotopic (exact) mass is 380 g/mol. The maximum absolute atomic E-state index is 12.3. The first-order valence-electron chi connectivity index (χ1n) is 9.78. The number of hydrogen-bond donors (Lipinski definition) is 0. The van der Waals surface area contributed by atoms with E-state index in [1.165, 1.54) is 0 Å². The molecule has 0 saturated heterocycles. The molecule has 0 aliphatic rings. The quantitative estimate of drug-likeness (QED) is 0.446. The van der Waals surface area contributed by atoms with Crippen LogP contribution in [0.3, 0.4) is 0 Å². The molecule has 0 bridgehead atoms. The third-order valence-corrected chi connectivity index (χ3v) is 3.53. The van der Waals surface area contributed by atoms with E-state index in [0.29, 0.717) is 11.5 Å². The van der Waals surface area contributed by atoms with Crippen LogP contribution in [0.15, 0.2) is 24.3 Å². The summed E-state index contributed by atoms with van der Waals surface area (Å²) in [6, 6.07) is 6.64. The fraction of sp³-hybridized carbons (Fsp3) is 0.636. The summed E-state index contributed by atoms with van der Waals surface area (Å²) < 4.78 is 16.0. The Hall–Kier alpha value is -2.04. The van der Waals surface area contributed by atoms with Gasteiger partial charge in [0.25, 0.3) is 0 Å². The molecule has 1 rings (SSSR count). The fourth-order valence-electron chi connectivity index (χ4n) is 2.34. The van der Waals surface area contributed by atoms with Gasteiger partial charge in [0.05, 0.1) is 5.92 Å². The van der Waals surface area contributed by atoms with Crippen LogP contribution in [0, 0.1) is 11.8 Å². The van der Waals surface area contributed by atoms with Gasteiger partial charge in [-0.1, -0.05) is 41.0 Å². The minimum atomic E-state index is -0.538. The highest BCUT2D eigenvalue weighted by Crippen LogP contribution is 2.23. The summed E-state index contributed by atoms with van der Waals surface area (Å²) >= 11 is 0. The summed E-state index contributed by atoms with van der Waals surface area (Å²) in [4.78, 5) is 23.9. The zero-order valence-corrected chi connectivity index (χ0v) is 18.1. The molecule has 0 amide bonds. The molecular weight excluding hydrogens is 344 g/mol. The van der Waals surface area contributed by atoms with Gasteiger partial charge in [-0.05, 0) is 57.4 Å².